The molecule has 1 saturated heterocycles. The number of hydrogen-bond acceptors (Lipinski definition) is 16. The maximum absolute atomic E-state index is 12.2. The van der Waals surface area contributed by atoms with Crippen molar-refractivity contribution in [1.29, 1.82) is 0 Å². The van der Waals surface area contributed by atoms with Gasteiger partial charge in [0.05, 0.1) is 17.7 Å². The number of nitrogens with zero attached hydrogens (tertiary/aromatic N) is 3. The average molecular weight is 654 g/mol. The van der Waals surface area contributed by atoms with E-state index in [0.717, 1.165) is 6.42 Å². The topological polar surface area (TPSA) is 320 Å². The number of rotatable bonds is 11. The first-order valence-electron chi connectivity index (χ1n) is 10.9. The number of ether oxygens (including phenoxy) is 1. The molecule has 2 aliphatic rings. The second-order valence-corrected chi connectivity index (χ2v) is 12.1. The Morgan fingerprint density at radius 2 is 1.90 bits per heavy atom. The van der Waals surface area contributed by atoms with Gasteiger partial charge in [0.25, 0.3) is 5.91 Å². The number of aliphatic hydroxyl groups is 1. The smallest absolute Gasteiger partial charge is 0.387 e. The zero-order chi connectivity index (χ0) is 31.3. The van der Waals surface area contributed by atoms with E-state index >= 15 is 0 Å². The van der Waals surface area contributed by atoms with Crippen molar-refractivity contribution in [2.75, 3.05) is 12.0 Å². The van der Waals surface area contributed by atoms with Gasteiger partial charge in [-0.25, -0.2) is 29.5 Å². The molecule has 0 aliphatic carbocycles. The van der Waals surface area contributed by atoms with Gasteiger partial charge in [-0.3, -0.25) is 4.79 Å². The minimum atomic E-state index is -5.80. The summed E-state index contributed by atoms with van der Waals surface area (Å²) >= 11 is 0. The summed E-state index contributed by atoms with van der Waals surface area (Å²) in [6.45, 7) is 3.60. The summed E-state index contributed by atoms with van der Waals surface area (Å²) in [5.41, 5.74) is 8.63. The molecule has 0 aromatic carbocycles. The van der Waals surface area contributed by atoms with E-state index in [0.29, 0.717) is 5.82 Å². The van der Waals surface area contributed by atoms with Crippen molar-refractivity contribution in [2.45, 2.75) is 18.6 Å². The van der Waals surface area contributed by atoms with E-state index in [1.165, 1.54) is 29.4 Å². The minimum absolute atomic E-state index is 0.0104. The maximum Gasteiger partial charge on any atom is 0.508 e. The summed E-state index contributed by atoms with van der Waals surface area (Å²) in [5.74, 6) is 10.5. The van der Waals surface area contributed by atoms with Gasteiger partial charge in [0.15, 0.2) is 0 Å². The van der Waals surface area contributed by atoms with Crippen LogP contribution in [-0.2, 0) is 36.6 Å². The van der Waals surface area contributed by atoms with Crippen LogP contribution in [0, 0.1) is 18.3 Å². The molecule has 3 heterocycles. The predicted octanol–water partition coefficient (Wildman–Crippen LogP) is -1.35. The molecule has 1 aromatic rings. The molecular formula is C18H23N7O14P3. The molecule has 0 spiro atoms. The van der Waals surface area contributed by atoms with Gasteiger partial charge >= 0.3 is 23.5 Å². The third kappa shape index (κ3) is 9.78. The summed E-state index contributed by atoms with van der Waals surface area (Å²) in [5, 5.41) is 12.7. The van der Waals surface area contributed by atoms with Gasteiger partial charge in [-0.05, 0) is 12.1 Å². The number of aliphatic hydroxyl groups excluding tert-OH is 1. The van der Waals surface area contributed by atoms with Crippen LogP contribution in [0.1, 0.15) is 10.4 Å². The van der Waals surface area contributed by atoms with Crippen LogP contribution in [0.25, 0.3) is 0 Å². The molecule has 1 amide bonds. The number of aliphatic imine (C=N–C) groups is 1. The molecule has 21 nitrogen and oxygen atoms in total. The highest BCUT2D eigenvalue weighted by Gasteiger charge is 2.45. The normalized spacial score (nSPS) is 23.5. The highest BCUT2D eigenvalue weighted by Crippen LogP contribution is 2.66. The number of amidine groups is 1. The fourth-order valence-corrected chi connectivity index (χ4v) is 5.79. The monoisotopic (exact) mass is 654 g/mol. The van der Waals surface area contributed by atoms with E-state index < -0.39 is 48.0 Å². The number of phosphoric acid groups is 3. The Hall–Kier alpha value is -3.02. The molecular weight excluding hydrogens is 631 g/mol. The van der Waals surface area contributed by atoms with E-state index in [1.54, 1.807) is 0 Å². The van der Waals surface area contributed by atoms with Gasteiger partial charge in [-0.1, -0.05) is 18.4 Å². The van der Waals surface area contributed by atoms with Crippen LogP contribution < -0.4 is 22.3 Å². The van der Waals surface area contributed by atoms with Crippen LogP contribution in [-0.4, -0.2) is 71.5 Å². The number of anilines is 1. The van der Waals surface area contributed by atoms with Crippen LogP contribution in [0.15, 0.2) is 47.5 Å². The SMILES string of the molecule is C=C1N=C(N)C(C#CCNC(=O)c2ccc(NN)nc2)=CN1C1[CH]C(O)C(OOP(=O)(O)OP(=O)(O)OP(=O)(O)O)O1. The van der Waals surface area contributed by atoms with Crippen molar-refractivity contribution in [3.8, 4) is 11.8 Å². The standard InChI is InChI=1S/C18H23N7O14P3/c1-10-23-16(19)12(3-2-6-21-17(27)11-4-5-14(24-20)22-8-11)9-25(10)15-7-13(26)18(35-15)36-37-41(31,32)39-42(33,34)38-40(28,29)30/h4-5,7-9,13,15,18,26H,1,6,20H2,(H2,19,23)(H,21,27)(H,22,24)(H,31,32)(H,33,34)(H2,28,29,30). The highest BCUT2D eigenvalue weighted by atomic mass is 31.3. The molecule has 5 atom stereocenters. The Bertz CT molecular complexity index is 1470. The Labute approximate surface area is 236 Å². The second kappa shape index (κ2) is 13.5. The number of nitrogens with one attached hydrogen (secondary N) is 2. The first-order valence-corrected chi connectivity index (χ1v) is 15.4. The second-order valence-electron chi connectivity index (χ2n) is 7.76. The van der Waals surface area contributed by atoms with Crippen molar-refractivity contribution in [1.82, 2.24) is 15.2 Å². The Kier molecular flexibility index (Phi) is 10.8. The van der Waals surface area contributed by atoms with Crippen molar-refractivity contribution >= 4 is 41.0 Å². The molecule has 1 fully saturated rings. The van der Waals surface area contributed by atoms with E-state index in [9.17, 15) is 33.4 Å². The molecule has 11 N–H and O–H groups in total. The molecule has 1 aromatic heterocycles. The first kappa shape index (κ1) is 33.5. The predicted molar refractivity (Wildman–Crippen MR) is 138 cm³/mol. The summed E-state index contributed by atoms with van der Waals surface area (Å²) in [6.07, 6.45) is -0.926. The fourth-order valence-electron chi connectivity index (χ4n) is 2.98. The van der Waals surface area contributed by atoms with Gasteiger partial charge in [0, 0.05) is 18.8 Å². The van der Waals surface area contributed by atoms with Gasteiger partial charge in [0.1, 0.15) is 29.8 Å². The van der Waals surface area contributed by atoms with E-state index in [2.05, 4.69) is 57.3 Å². The van der Waals surface area contributed by atoms with E-state index in [-0.39, 0.29) is 29.3 Å². The fraction of sp³-hybridized carbons (Fsp3) is 0.222. The quantitative estimate of drug-likeness (QED) is 0.0438. The lowest BCUT2D eigenvalue weighted by molar-refractivity contribution is -0.339. The van der Waals surface area contributed by atoms with Crippen molar-refractivity contribution < 1.29 is 66.1 Å². The van der Waals surface area contributed by atoms with Gasteiger partial charge in [-0.2, -0.15) is 13.5 Å². The number of hydrogen-bond donors (Lipinski definition) is 9. The molecule has 229 valence electrons. The van der Waals surface area contributed by atoms with Crippen LogP contribution in [0.4, 0.5) is 5.82 Å². The van der Waals surface area contributed by atoms with Crippen molar-refractivity contribution in [2.24, 2.45) is 16.6 Å². The lowest BCUT2D eigenvalue weighted by Gasteiger charge is -2.29. The third-order valence-corrected chi connectivity index (χ3v) is 8.26. The van der Waals surface area contributed by atoms with Crippen LogP contribution in [0.3, 0.4) is 0 Å². The number of pyridine rings is 1. The van der Waals surface area contributed by atoms with Crippen LogP contribution in [0.5, 0.6) is 0 Å². The summed E-state index contributed by atoms with van der Waals surface area (Å²) in [6, 6.07) is 3.00. The molecule has 3 rings (SSSR count). The van der Waals surface area contributed by atoms with Crippen LogP contribution >= 0.6 is 23.5 Å². The lowest BCUT2D eigenvalue weighted by Crippen LogP contribution is -2.35. The van der Waals surface area contributed by atoms with Crippen molar-refractivity contribution in [3.05, 3.63) is 54.5 Å². The van der Waals surface area contributed by atoms with Crippen molar-refractivity contribution in [3.63, 3.8) is 0 Å². The number of nitrogen functional groups attached to an aromatic ring is 1. The first-order chi connectivity index (χ1) is 19.5. The number of hydrazine groups is 1. The van der Waals surface area contributed by atoms with Gasteiger partial charge < -0.3 is 50.8 Å². The number of aromatic nitrogens is 1. The Morgan fingerprint density at radius 1 is 1.19 bits per heavy atom. The molecule has 5 unspecified atom stereocenters. The largest absolute Gasteiger partial charge is 0.508 e. The molecule has 1 radical (unpaired) electrons. The summed E-state index contributed by atoms with van der Waals surface area (Å²) in [4.78, 5) is 61.6. The number of amides is 1. The molecule has 42 heavy (non-hydrogen) atoms. The summed E-state index contributed by atoms with van der Waals surface area (Å²) in [7, 11) is -17.1. The molecule has 2 aliphatic heterocycles. The zero-order valence-electron chi connectivity index (χ0n) is 20.8. The van der Waals surface area contributed by atoms with Gasteiger partial charge in [-0.15, -0.1) is 4.67 Å². The van der Waals surface area contributed by atoms with Gasteiger partial charge in [0.2, 0.25) is 6.29 Å². The van der Waals surface area contributed by atoms with Crippen LogP contribution in [0.2, 0.25) is 0 Å². The Morgan fingerprint density at radius 3 is 2.52 bits per heavy atom. The average Bonchev–Trinajstić information content (AvgIpc) is 3.24. The number of carbonyl (C=O) groups excluding carboxylic acids is 1. The number of nitrogens with two attached hydrogens (primary N) is 2. The molecule has 0 bridgehead atoms. The minimum Gasteiger partial charge on any atom is -0.387 e. The lowest BCUT2D eigenvalue weighted by atomic mass is 10.2. The molecule has 0 saturated carbocycles. The summed E-state index contributed by atoms with van der Waals surface area (Å²) < 4.78 is 50.3. The zero-order valence-corrected chi connectivity index (χ0v) is 23.5. The van der Waals surface area contributed by atoms with E-state index in [1.807, 2.05) is 0 Å². The maximum atomic E-state index is 12.2. The highest BCUT2D eigenvalue weighted by molar-refractivity contribution is 7.66. The molecule has 24 heteroatoms. The van der Waals surface area contributed by atoms with E-state index in [4.69, 9.17) is 26.1 Å². The number of carbonyl (C=O) groups is 1. The Balaban J connectivity index is 1.59. The third-order valence-electron chi connectivity index (χ3n) is 4.66.